The summed E-state index contributed by atoms with van der Waals surface area (Å²) in [6.45, 7) is 2.97. The Bertz CT molecular complexity index is 1310. The van der Waals surface area contributed by atoms with Gasteiger partial charge in [-0.2, -0.15) is 12.5 Å². The van der Waals surface area contributed by atoms with Gasteiger partial charge in [0.2, 0.25) is 5.91 Å². The fourth-order valence-electron chi connectivity index (χ4n) is 2.69. The molecule has 0 saturated heterocycles. The number of rotatable bonds is 3. The molecule has 1 amide bonds. The van der Waals surface area contributed by atoms with E-state index in [0.717, 1.165) is 15.3 Å². The van der Waals surface area contributed by atoms with Crippen molar-refractivity contribution in [1.29, 1.82) is 0 Å². The summed E-state index contributed by atoms with van der Waals surface area (Å²) in [7, 11) is -1.54. The largest absolute Gasteiger partial charge is 0.332 e. The highest BCUT2D eigenvalue weighted by molar-refractivity contribution is 7.90. The lowest BCUT2D eigenvalue weighted by atomic mass is 10.2. The minimum atomic E-state index is -4.23. The Hall–Kier alpha value is -3.21. The average Bonchev–Trinajstić information content (AvgIpc) is 3.05. The number of hydrogen-bond acceptors (Lipinski definition) is 6. The standard InChI is InChI=1S/C16H17N5O5S/c1-9-5-6-12(17-10(2)22)13(7-9)27(25,26)21-8-11-14(18-21)19(3)16(24)20(4)15(11)23/h5-8H,1-4H3,(H,17,22). The maximum atomic E-state index is 13.1. The van der Waals surface area contributed by atoms with Crippen molar-refractivity contribution >= 4 is 32.7 Å². The molecule has 27 heavy (non-hydrogen) atoms. The second kappa shape index (κ2) is 6.20. The van der Waals surface area contributed by atoms with Crippen LogP contribution in [0.3, 0.4) is 0 Å². The summed E-state index contributed by atoms with van der Waals surface area (Å²) in [5.74, 6) is -0.433. The third kappa shape index (κ3) is 2.95. The summed E-state index contributed by atoms with van der Waals surface area (Å²) in [4.78, 5) is 35.6. The van der Waals surface area contributed by atoms with Crippen molar-refractivity contribution in [1.82, 2.24) is 18.3 Å². The van der Waals surface area contributed by atoms with Crippen molar-refractivity contribution in [3.8, 4) is 0 Å². The first-order valence-corrected chi connectivity index (χ1v) is 9.27. The van der Waals surface area contributed by atoms with Gasteiger partial charge in [-0.25, -0.2) is 4.79 Å². The number of anilines is 1. The summed E-state index contributed by atoms with van der Waals surface area (Å²) in [5.41, 5.74) is -0.580. The van der Waals surface area contributed by atoms with Crippen LogP contribution < -0.4 is 16.6 Å². The zero-order valence-electron chi connectivity index (χ0n) is 15.0. The lowest BCUT2D eigenvalue weighted by Crippen LogP contribution is -2.36. The lowest BCUT2D eigenvalue weighted by molar-refractivity contribution is -0.114. The van der Waals surface area contributed by atoms with E-state index in [1.54, 1.807) is 13.0 Å². The number of fused-ring (bicyclic) bond motifs is 1. The van der Waals surface area contributed by atoms with Crippen LogP contribution in [-0.4, -0.2) is 32.6 Å². The number of amides is 1. The van der Waals surface area contributed by atoms with Gasteiger partial charge in [0.25, 0.3) is 15.6 Å². The number of aromatic nitrogens is 4. The van der Waals surface area contributed by atoms with Gasteiger partial charge in [-0.15, -0.1) is 5.10 Å². The van der Waals surface area contributed by atoms with Gasteiger partial charge >= 0.3 is 5.69 Å². The smallest absolute Gasteiger partial charge is 0.325 e. The van der Waals surface area contributed by atoms with Crippen LogP contribution in [-0.2, 0) is 28.9 Å². The molecule has 0 aliphatic heterocycles. The SMILES string of the molecule is CC(=O)Nc1ccc(C)cc1S(=O)(=O)n1cc2c(=O)n(C)c(=O)n(C)c2n1. The molecule has 10 nitrogen and oxygen atoms in total. The van der Waals surface area contributed by atoms with E-state index in [1.165, 1.54) is 33.2 Å². The highest BCUT2D eigenvalue weighted by atomic mass is 32.2. The molecule has 1 N–H and O–H groups in total. The van der Waals surface area contributed by atoms with Gasteiger partial charge in [-0.05, 0) is 24.6 Å². The molecule has 0 bridgehead atoms. The maximum Gasteiger partial charge on any atom is 0.332 e. The minimum Gasteiger partial charge on any atom is -0.325 e. The number of carbonyl (C=O) groups is 1. The third-order valence-electron chi connectivity index (χ3n) is 4.07. The molecule has 2 heterocycles. The van der Waals surface area contributed by atoms with Gasteiger partial charge in [0.1, 0.15) is 10.3 Å². The van der Waals surface area contributed by atoms with Crippen molar-refractivity contribution in [3.63, 3.8) is 0 Å². The number of benzene rings is 1. The summed E-state index contributed by atoms with van der Waals surface area (Å²) in [5, 5.41) is 6.39. The molecule has 0 aliphatic carbocycles. The van der Waals surface area contributed by atoms with Gasteiger partial charge in [-0.3, -0.25) is 18.7 Å². The Morgan fingerprint density at radius 3 is 2.44 bits per heavy atom. The Labute approximate surface area is 153 Å². The Morgan fingerprint density at radius 1 is 1.15 bits per heavy atom. The fraction of sp³-hybridized carbons (Fsp3) is 0.250. The fourth-order valence-corrected chi connectivity index (χ4v) is 4.05. The Balaban J connectivity index is 2.32. The first kappa shape index (κ1) is 18.6. The second-order valence-electron chi connectivity index (χ2n) is 6.13. The summed E-state index contributed by atoms with van der Waals surface area (Å²) >= 11 is 0. The van der Waals surface area contributed by atoms with Gasteiger partial charge < -0.3 is 5.32 Å². The van der Waals surface area contributed by atoms with Gasteiger partial charge in [0, 0.05) is 21.0 Å². The van der Waals surface area contributed by atoms with E-state index in [9.17, 15) is 22.8 Å². The molecular weight excluding hydrogens is 374 g/mol. The van der Waals surface area contributed by atoms with Crippen LogP contribution in [0.4, 0.5) is 5.69 Å². The van der Waals surface area contributed by atoms with E-state index >= 15 is 0 Å². The van der Waals surface area contributed by atoms with Crippen molar-refractivity contribution in [2.24, 2.45) is 14.1 Å². The molecule has 1 aromatic carbocycles. The van der Waals surface area contributed by atoms with Crippen molar-refractivity contribution in [3.05, 3.63) is 50.8 Å². The van der Waals surface area contributed by atoms with Crippen LogP contribution in [0, 0.1) is 6.92 Å². The highest BCUT2D eigenvalue weighted by Crippen LogP contribution is 2.25. The Morgan fingerprint density at radius 2 is 1.81 bits per heavy atom. The van der Waals surface area contributed by atoms with Crippen LogP contribution in [0.1, 0.15) is 12.5 Å². The topological polar surface area (TPSA) is 125 Å². The van der Waals surface area contributed by atoms with Gasteiger partial charge in [0.15, 0.2) is 5.65 Å². The zero-order chi connectivity index (χ0) is 20.1. The minimum absolute atomic E-state index is 0.0168. The van der Waals surface area contributed by atoms with Crippen molar-refractivity contribution in [2.75, 3.05) is 5.32 Å². The van der Waals surface area contributed by atoms with E-state index in [1.807, 2.05) is 0 Å². The Kier molecular flexibility index (Phi) is 4.26. The van der Waals surface area contributed by atoms with Crippen LogP contribution in [0.5, 0.6) is 0 Å². The predicted molar refractivity (Wildman–Crippen MR) is 98.3 cm³/mol. The molecular formula is C16H17N5O5S. The van der Waals surface area contributed by atoms with E-state index in [-0.39, 0.29) is 21.6 Å². The quantitative estimate of drug-likeness (QED) is 0.667. The lowest BCUT2D eigenvalue weighted by Gasteiger charge is -2.11. The number of nitrogens with zero attached hydrogens (tertiary/aromatic N) is 4. The van der Waals surface area contributed by atoms with E-state index in [4.69, 9.17) is 0 Å². The molecule has 11 heteroatoms. The number of aryl methyl sites for hydroxylation is 2. The first-order valence-electron chi connectivity index (χ1n) is 7.83. The molecule has 0 spiro atoms. The number of nitrogens with one attached hydrogen (secondary N) is 1. The summed E-state index contributed by atoms with van der Waals surface area (Å²) in [6.07, 6.45) is 1.06. The number of carbonyl (C=O) groups excluding carboxylic acids is 1. The molecule has 0 aliphatic rings. The molecule has 0 fully saturated rings. The molecule has 0 atom stereocenters. The maximum absolute atomic E-state index is 13.1. The summed E-state index contributed by atoms with van der Waals surface area (Å²) < 4.78 is 28.8. The summed E-state index contributed by atoms with van der Waals surface area (Å²) in [6, 6.07) is 4.52. The predicted octanol–water partition coefficient (Wildman–Crippen LogP) is -0.0625. The molecule has 0 radical (unpaired) electrons. The molecule has 142 valence electrons. The molecule has 3 rings (SSSR count). The van der Waals surface area contributed by atoms with Crippen LogP contribution in [0.2, 0.25) is 0 Å². The highest BCUT2D eigenvalue weighted by Gasteiger charge is 2.25. The molecule has 0 saturated carbocycles. The second-order valence-corrected chi connectivity index (χ2v) is 7.89. The van der Waals surface area contributed by atoms with E-state index in [2.05, 4.69) is 10.4 Å². The molecule has 0 unspecified atom stereocenters. The van der Waals surface area contributed by atoms with E-state index < -0.39 is 27.2 Å². The van der Waals surface area contributed by atoms with E-state index in [0.29, 0.717) is 9.65 Å². The third-order valence-corrected chi connectivity index (χ3v) is 5.65. The first-order chi connectivity index (χ1) is 12.5. The molecule has 2 aromatic heterocycles. The average molecular weight is 391 g/mol. The number of hydrogen-bond donors (Lipinski definition) is 1. The van der Waals surface area contributed by atoms with Gasteiger partial charge in [-0.1, -0.05) is 6.07 Å². The van der Waals surface area contributed by atoms with Crippen molar-refractivity contribution in [2.45, 2.75) is 18.7 Å². The normalized spacial score (nSPS) is 11.7. The van der Waals surface area contributed by atoms with Crippen LogP contribution in [0.15, 0.2) is 38.9 Å². The zero-order valence-corrected chi connectivity index (χ0v) is 15.9. The molecule has 3 aromatic rings. The van der Waals surface area contributed by atoms with Gasteiger partial charge in [0.05, 0.1) is 11.9 Å². The monoisotopic (exact) mass is 391 g/mol. The van der Waals surface area contributed by atoms with Crippen molar-refractivity contribution < 1.29 is 13.2 Å². The van der Waals surface area contributed by atoms with Crippen LogP contribution >= 0.6 is 0 Å². The van der Waals surface area contributed by atoms with Crippen LogP contribution in [0.25, 0.3) is 11.0 Å².